The van der Waals surface area contributed by atoms with Gasteiger partial charge in [0.2, 0.25) is 5.75 Å². The van der Waals surface area contributed by atoms with Crippen LogP contribution >= 0.6 is 12.4 Å². The lowest BCUT2D eigenvalue weighted by Gasteiger charge is -2.14. The van der Waals surface area contributed by atoms with Crippen molar-refractivity contribution in [3.05, 3.63) is 53.1 Å². The number of benzene rings is 2. The molecule has 2 aromatic carbocycles. The van der Waals surface area contributed by atoms with Crippen molar-refractivity contribution < 1.29 is 24.1 Å². The van der Waals surface area contributed by atoms with Gasteiger partial charge in [-0.05, 0) is 35.4 Å². The Bertz CT molecular complexity index is 678. The van der Waals surface area contributed by atoms with E-state index in [1.165, 1.54) is 0 Å². The van der Waals surface area contributed by atoms with Gasteiger partial charge in [-0.15, -0.1) is 12.4 Å². The third-order valence-corrected chi connectivity index (χ3v) is 3.58. The molecule has 25 heavy (non-hydrogen) atoms. The molecule has 0 heterocycles. The molecular weight excluding hydrogens is 346 g/mol. The monoisotopic (exact) mass is 367 g/mol. The summed E-state index contributed by atoms with van der Waals surface area (Å²) in [6, 6.07) is 10.6. The van der Waals surface area contributed by atoms with Gasteiger partial charge in [0.1, 0.15) is 0 Å². The van der Waals surface area contributed by atoms with Crippen LogP contribution < -0.4 is 19.5 Å². The topological polar surface area (TPSA) is 77.0 Å². The van der Waals surface area contributed by atoms with Crippen LogP contribution in [-0.4, -0.2) is 32.4 Å². The lowest BCUT2D eigenvalue weighted by atomic mass is 10.1. The second kappa shape index (κ2) is 9.76. The second-order valence-corrected chi connectivity index (χ2v) is 5.14. The first kappa shape index (κ1) is 20.6. The zero-order valence-electron chi connectivity index (χ0n) is 14.4. The fraction of sp³-hybridized carbons (Fsp3) is 0.278. The predicted molar refractivity (Wildman–Crippen MR) is 97.3 cm³/mol. The maximum atomic E-state index is 10.8. The average Bonchev–Trinajstić information content (AvgIpc) is 2.61. The van der Waals surface area contributed by atoms with Gasteiger partial charge in [-0.1, -0.05) is 12.1 Å². The lowest BCUT2D eigenvalue weighted by molar-refractivity contribution is 0.0697. The summed E-state index contributed by atoms with van der Waals surface area (Å²) in [5, 5.41) is 12.2. The lowest BCUT2D eigenvalue weighted by Crippen LogP contribution is -2.13. The summed E-state index contributed by atoms with van der Waals surface area (Å²) in [5.41, 5.74) is 2.28. The maximum absolute atomic E-state index is 10.8. The highest BCUT2D eigenvalue weighted by Crippen LogP contribution is 2.38. The van der Waals surface area contributed by atoms with Crippen molar-refractivity contribution in [2.75, 3.05) is 21.3 Å². The van der Waals surface area contributed by atoms with Crippen LogP contribution in [0.2, 0.25) is 0 Å². The van der Waals surface area contributed by atoms with Gasteiger partial charge in [-0.3, -0.25) is 0 Å². The van der Waals surface area contributed by atoms with Gasteiger partial charge in [0.05, 0.1) is 26.9 Å². The van der Waals surface area contributed by atoms with E-state index in [4.69, 9.17) is 19.3 Å². The summed E-state index contributed by atoms with van der Waals surface area (Å²) in [7, 11) is 4.73. The Hall–Kier alpha value is -2.44. The van der Waals surface area contributed by atoms with Crippen LogP contribution in [0.1, 0.15) is 21.5 Å². The zero-order chi connectivity index (χ0) is 17.5. The first-order chi connectivity index (χ1) is 11.6. The third kappa shape index (κ3) is 5.27. The molecule has 7 heteroatoms. The molecule has 0 fully saturated rings. The smallest absolute Gasteiger partial charge is 0.335 e. The molecule has 0 aliphatic carbocycles. The first-order valence-electron chi connectivity index (χ1n) is 7.41. The molecular formula is C18H22ClNO5. The number of hydrogen-bond acceptors (Lipinski definition) is 5. The number of ether oxygens (including phenoxy) is 3. The van der Waals surface area contributed by atoms with Crippen molar-refractivity contribution in [1.29, 1.82) is 0 Å². The largest absolute Gasteiger partial charge is 0.493 e. The number of hydrogen-bond donors (Lipinski definition) is 2. The van der Waals surface area contributed by atoms with E-state index in [1.54, 1.807) is 45.6 Å². The molecule has 0 atom stereocenters. The Balaban J connectivity index is 0.00000312. The van der Waals surface area contributed by atoms with Crippen molar-refractivity contribution in [2.24, 2.45) is 0 Å². The minimum absolute atomic E-state index is 0. The Morgan fingerprint density at radius 2 is 1.44 bits per heavy atom. The standard InChI is InChI=1S/C18H21NO5.ClH/c1-22-15-8-13(9-16(23-2)17(15)24-3)11-19-10-12-4-6-14(7-5-12)18(20)21;/h4-9,19H,10-11H2,1-3H3,(H,20,21);1H. The molecule has 0 spiro atoms. The molecule has 0 saturated carbocycles. The second-order valence-electron chi connectivity index (χ2n) is 5.14. The van der Waals surface area contributed by atoms with Gasteiger partial charge in [0.25, 0.3) is 0 Å². The predicted octanol–water partition coefficient (Wildman–Crippen LogP) is 3.12. The van der Waals surface area contributed by atoms with Crippen LogP contribution in [0.5, 0.6) is 17.2 Å². The van der Waals surface area contributed by atoms with Gasteiger partial charge in [-0.2, -0.15) is 0 Å². The minimum Gasteiger partial charge on any atom is -0.493 e. The molecule has 2 aromatic rings. The number of methoxy groups -OCH3 is 3. The normalized spacial score (nSPS) is 9.88. The van der Waals surface area contributed by atoms with Gasteiger partial charge in [0, 0.05) is 13.1 Å². The SMILES string of the molecule is COc1cc(CNCc2ccc(C(=O)O)cc2)cc(OC)c1OC.Cl. The molecule has 2 N–H and O–H groups in total. The van der Waals surface area contributed by atoms with Crippen molar-refractivity contribution in [1.82, 2.24) is 5.32 Å². The Morgan fingerprint density at radius 1 is 0.920 bits per heavy atom. The number of nitrogens with one attached hydrogen (secondary N) is 1. The highest BCUT2D eigenvalue weighted by molar-refractivity contribution is 5.87. The van der Waals surface area contributed by atoms with Gasteiger partial charge < -0.3 is 24.6 Å². The van der Waals surface area contributed by atoms with Crippen LogP contribution in [0.4, 0.5) is 0 Å². The highest BCUT2D eigenvalue weighted by Gasteiger charge is 2.12. The van der Waals surface area contributed by atoms with E-state index in [9.17, 15) is 4.79 Å². The number of carbonyl (C=O) groups is 1. The van der Waals surface area contributed by atoms with Crippen molar-refractivity contribution >= 4 is 18.4 Å². The van der Waals surface area contributed by atoms with Crippen LogP contribution in [-0.2, 0) is 13.1 Å². The number of carboxylic acid groups (broad SMARTS) is 1. The Kier molecular flexibility index (Phi) is 8.04. The Morgan fingerprint density at radius 3 is 1.88 bits per heavy atom. The quantitative estimate of drug-likeness (QED) is 0.746. The minimum atomic E-state index is -0.924. The number of halogens is 1. The average molecular weight is 368 g/mol. The molecule has 2 rings (SSSR count). The van der Waals surface area contributed by atoms with Crippen LogP contribution in [0.25, 0.3) is 0 Å². The summed E-state index contributed by atoms with van der Waals surface area (Å²) in [5.74, 6) is 0.860. The van der Waals surface area contributed by atoms with E-state index in [0.717, 1.165) is 11.1 Å². The highest BCUT2D eigenvalue weighted by atomic mass is 35.5. The summed E-state index contributed by atoms with van der Waals surface area (Å²) < 4.78 is 16.0. The number of aromatic carboxylic acids is 1. The van der Waals surface area contributed by atoms with E-state index >= 15 is 0 Å². The van der Waals surface area contributed by atoms with Crippen molar-refractivity contribution in [3.63, 3.8) is 0 Å². The summed E-state index contributed by atoms with van der Waals surface area (Å²) >= 11 is 0. The zero-order valence-corrected chi connectivity index (χ0v) is 15.2. The van der Waals surface area contributed by atoms with Gasteiger partial charge in [-0.25, -0.2) is 4.79 Å². The summed E-state index contributed by atoms with van der Waals surface area (Å²) in [4.78, 5) is 10.8. The number of rotatable bonds is 8. The van der Waals surface area contributed by atoms with E-state index in [0.29, 0.717) is 30.3 Å². The van der Waals surface area contributed by atoms with Crippen LogP contribution in [0.15, 0.2) is 36.4 Å². The van der Waals surface area contributed by atoms with Crippen molar-refractivity contribution in [3.8, 4) is 17.2 Å². The molecule has 0 saturated heterocycles. The van der Waals surface area contributed by atoms with E-state index in [2.05, 4.69) is 5.32 Å². The van der Waals surface area contributed by atoms with E-state index < -0.39 is 5.97 Å². The Labute approximate surface area is 153 Å². The molecule has 0 aromatic heterocycles. The van der Waals surface area contributed by atoms with Crippen molar-refractivity contribution in [2.45, 2.75) is 13.1 Å². The van der Waals surface area contributed by atoms with E-state index in [-0.39, 0.29) is 18.0 Å². The van der Waals surface area contributed by atoms with Crippen LogP contribution in [0.3, 0.4) is 0 Å². The van der Waals surface area contributed by atoms with Gasteiger partial charge in [0.15, 0.2) is 11.5 Å². The molecule has 0 aliphatic rings. The molecule has 0 bridgehead atoms. The molecule has 0 radical (unpaired) electrons. The summed E-state index contributed by atoms with van der Waals surface area (Å²) in [6.07, 6.45) is 0. The molecule has 0 aliphatic heterocycles. The molecule has 6 nitrogen and oxygen atoms in total. The molecule has 0 unspecified atom stereocenters. The third-order valence-electron chi connectivity index (χ3n) is 3.58. The van der Waals surface area contributed by atoms with Gasteiger partial charge >= 0.3 is 5.97 Å². The fourth-order valence-electron chi connectivity index (χ4n) is 2.35. The maximum Gasteiger partial charge on any atom is 0.335 e. The summed E-state index contributed by atoms with van der Waals surface area (Å²) in [6.45, 7) is 1.23. The van der Waals surface area contributed by atoms with E-state index in [1.807, 2.05) is 12.1 Å². The van der Waals surface area contributed by atoms with Crippen LogP contribution in [0, 0.1) is 0 Å². The number of carboxylic acids is 1. The molecule has 136 valence electrons. The molecule has 0 amide bonds. The fourth-order valence-corrected chi connectivity index (χ4v) is 2.35. The first-order valence-corrected chi connectivity index (χ1v) is 7.41.